The average molecular weight is 265 g/mol. The van der Waals surface area contributed by atoms with Gasteiger partial charge in [0, 0.05) is 24.8 Å². The minimum absolute atomic E-state index is 0.186. The standard InChI is InChI=1S/C15H24FN3/c1-18-10-7-15(8-11-18)19(2)12-9-17-14-5-3-13(16)4-6-14/h3-6,15,17H,7-12H2,1-2H3. The summed E-state index contributed by atoms with van der Waals surface area (Å²) in [5.74, 6) is -0.186. The molecule has 0 bridgehead atoms. The van der Waals surface area contributed by atoms with E-state index in [9.17, 15) is 4.39 Å². The molecule has 1 aliphatic rings. The molecular weight excluding hydrogens is 241 g/mol. The second-order valence-corrected chi connectivity index (χ2v) is 5.45. The van der Waals surface area contributed by atoms with Gasteiger partial charge < -0.3 is 15.1 Å². The molecule has 1 aliphatic heterocycles. The average Bonchev–Trinajstić information content (AvgIpc) is 2.41. The summed E-state index contributed by atoms with van der Waals surface area (Å²) in [6.07, 6.45) is 2.51. The van der Waals surface area contributed by atoms with E-state index in [4.69, 9.17) is 0 Å². The van der Waals surface area contributed by atoms with E-state index in [1.165, 1.54) is 38.1 Å². The molecule has 106 valence electrons. The fourth-order valence-corrected chi connectivity index (χ4v) is 2.56. The van der Waals surface area contributed by atoms with Gasteiger partial charge in [-0.15, -0.1) is 0 Å². The highest BCUT2D eigenvalue weighted by molar-refractivity contribution is 5.42. The zero-order chi connectivity index (χ0) is 13.7. The Morgan fingerprint density at radius 3 is 2.53 bits per heavy atom. The lowest BCUT2D eigenvalue weighted by Crippen LogP contribution is -2.43. The maximum Gasteiger partial charge on any atom is 0.123 e. The van der Waals surface area contributed by atoms with E-state index in [2.05, 4.69) is 29.2 Å². The molecule has 1 aromatic rings. The van der Waals surface area contributed by atoms with E-state index in [0.29, 0.717) is 6.04 Å². The van der Waals surface area contributed by atoms with Gasteiger partial charge in [0.05, 0.1) is 0 Å². The van der Waals surface area contributed by atoms with Crippen LogP contribution >= 0.6 is 0 Å². The Morgan fingerprint density at radius 2 is 1.89 bits per heavy atom. The third-order valence-electron chi connectivity index (χ3n) is 3.95. The van der Waals surface area contributed by atoms with E-state index in [-0.39, 0.29) is 5.82 Å². The minimum atomic E-state index is -0.186. The third kappa shape index (κ3) is 4.48. The highest BCUT2D eigenvalue weighted by Crippen LogP contribution is 2.14. The number of nitrogens with one attached hydrogen (secondary N) is 1. The van der Waals surface area contributed by atoms with Crippen molar-refractivity contribution >= 4 is 5.69 Å². The molecule has 0 spiro atoms. The first kappa shape index (κ1) is 14.3. The minimum Gasteiger partial charge on any atom is -0.384 e. The first-order valence-corrected chi connectivity index (χ1v) is 7.03. The van der Waals surface area contributed by atoms with E-state index in [0.717, 1.165) is 18.8 Å². The van der Waals surface area contributed by atoms with Crippen molar-refractivity contribution in [3.63, 3.8) is 0 Å². The van der Waals surface area contributed by atoms with Gasteiger partial charge in [0.15, 0.2) is 0 Å². The molecule has 1 aromatic carbocycles. The maximum atomic E-state index is 12.8. The Bertz CT molecular complexity index is 371. The Balaban J connectivity index is 1.69. The fraction of sp³-hybridized carbons (Fsp3) is 0.600. The van der Waals surface area contributed by atoms with E-state index < -0.39 is 0 Å². The topological polar surface area (TPSA) is 18.5 Å². The van der Waals surface area contributed by atoms with Gasteiger partial charge >= 0.3 is 0 Å². The van der Waals surface area contributed by atoms with E-state index in [1.807, 2.05) is 0 Å². The van der Waals surface area contributed by atoms with Crippen molar-refractivity contribution < 1.29 is 4.39 Å². The molecule has 19 heavy (non-hydrogen) atoms. The second-order valence-electron chi connectivity index (χ2n) is 5.45. The van der Waals surface area contributed by atoms with Crippen molar-refractivity contribution in [2.75, 3.05) is 45.6 Å². The lowest BCUT2D eigenvalue weighted by molar-refractivity contribution is 0.148. The lowest BCUT2D eigenvalue weighted by atomic mass is 10.0. The van der Waals surface area contributed by atoms with Crippen molar-refractivity contribution in [1.82, 2.24) is 9.80 Å². The Kier molecular flexibility index (Phi) is 5.16. The molecule has 0 saturated carbocycles. The number of anilines is 1. The number of hydrogen-bond donors (Lipinski definition) is 1. The summed E-state index contributed by atoms with van der Waals surface area (Å²) in [6, 6.07) is 7.24. The number of rotatable bonds is 5. The van der Waals surface area contributed by atoms with Gasteiger partial charge in [0.2, 0.25) is 0 Å². The van der Waals surface area contributed by atoms with Crippen LogP contribution in [0.25, 0.3) is 0 Å². The first-order chi connectivity index (χ1) is 9.15. The largest absolute Gasteiger partial charge is 0.384 e. The molecule has 0 atom stereocenters. The van der Waals surface area contributed by atoms with Crippen LogP contribution in [-0.4, -0.2) is 56.1 Å². The second kappa shape index (κ2) is 6.87. The van der Waals surface area contributed by atoms with Gasteiger partial charge in [-0.25, -0.2) is 4.39 Å². The Morgan fingerprint density at radius 1 is 1.26 bits per heavy atom. The summed E-state index contributed by atoms with van der Waals surface area (Å²) >= 11 is 0. The molecule has 0 unspecified atom stereocenters. The molecule has 1 fully saturated rings. The highest BCUT2D eigenvalue weighted by atomic mass is 19.1. The Hall–Kier alpha value is -1.13. The number of hydrogen-bond acceptors (Lipinski definition) is 3. The van der Waals surface area contributed by atoms with Crippen molar-refractivity contribution in [1.29, 1.82) is 0 Å². The van der Waals surface area contributed by atoms with E-state index >= 15 is 0 Å². The normalized spacial score (nSPS) is 17.9. The van der Waals surface area contributed by atoms with Crippen LogP contribution in [0.3, 0.4) is 0 Å². The predicted molar refractivity (Wildman–Crippen MR) is 78.0 cm³/mol. The number of likely N-dealkylation sites (N-methyl/N-ethyl adjacent to an activating group) is 1. The van der Waals surface area contributed by atoms with Crippen molar-refractivity contribution in [2.24, 2.45) is 0 Å². The fourth-order valence-electron chi connectivity index (χ4n) is 2.56. The van der Waals surface area contributed by atoms with Gasteiger partial charge in [-0.2, -0.15) is 0 Å². The van der Waals surface area contributed by atoms with Gasteiger partial charge in [0.1, 0.15) is 5.82 Å². The van der Waals surface area contributed by atoms with Crippen LogP contribution < -0.4 is 5.32 Å². The molecule has 0 aliphatic carbocycles. The predicted octanol–water partition coefficient (Wildman–Crippen LogP) is 2.26. The molecular formula is C15H24FN3. The van der Waals surface area contributed by atoms with Gasteiger partial charge in [0.25, 0.3) is 0 Å². The molecule has 2 rings (SSSR count). The van der Waals surface area contributed by atoms with Crippen LogP contribution in [0.15, 0.2) is 24.3 Å². The van der Waals surface area contributed by atoms with Crippen LogP contribution in [0.2, 0.25) is 0 Å². The molecule has 1 saturated heterocycles. The van der Waals surface area contributed by atoms with Gasteiger partial charge in [-0.3, -0.25) is 0 Å². The van der Waals surface area contributed by atoms with Crippen LogP contribution in [-0.2, 0) is 0 Å². The number of benzene rings is 1. The summed E-state index contributed by atoms with van der Waals surface area (Å²) in [7, 11) is 4.38. The monoisotopic (exact) mass is 265 g/mol. The quantitative estimate of drug-likeness (QED) is 0.881. The SMILES string of the molecule is CN1CCC(N(C)CCNc2ccc(F)cc2)CC1. The van der Waals surface area contributed by atoms with Crippen molar-refractivity contribution in [3.05, 3.63) is 30.1 Å². The Labute approximate surface area is 115 Å². The van der Waals surface area contributed by atoms with Crippen LogP contribution in [0.5, 0.6) is 0 Å². The maximum absolute atomic E-state index is 12.8. The van der Waals surface area contributed by atoms with Gasteiger partial charge in [-0.05, 0) is 64.3 Å². The number of piperidine rings is 1. The van der Waals surface area contributed by atoms with Crippen LogP contribution in [0, 0.1) is 5.82 Å². The zero-order valence-corrected chi connectivity index (χ0v) is 11.9. The third-order valence-corrected chi connectivity index (χ3v) is 3.95. The molecule has 1 N–H and O–H groups in total. The summed E-state index contributed by atoms with van der Waals surface area (Å²) in [4.78, 5) is 4.82. The highest BCUT2D eigenvalue weighted by Gasteiger charge is 2.19. The molecule has 4 heteroatoms. The molecule has 1 heterocycles. The molecule has 0 amide bonds. The number of nitrogens with zero attached hydrogens (tertiary/aromatic N) is 2. The first-order valence-electron chi connectivity index (χ1n) is 7.03. The van der Waals surface area contributed by atoms with Gasteiger partial charge in [-0.1, -0.05) is 0 Å². The zero-order valence-electron chi connectivity index (χ0n) is 11.9. The number of halogens is 1. The molecule has 0 radical (unpaired) electrons. The summed E-state index contributed by atoms with van der Waals surface area (Å²) in [5, 5.41) is 3.33. The van der Waals surface area contributed by atoms with Crippen LogP contribution in [0.1, 0.15) is 12.8 Å². The summed E-state index contributed by atoms with van der Waals surface area (Å²) in [5.41, 5.74) is 0.984. The van der Waals surface area contributed by atoms with Crippen molar-refractivity contribution in [3.8, 4) is 0 Å². The smallest absolute Gasteiger partial charge is 0.123 e. The number of likely N-dealkylation sites (tertiary alicyclic amines) is 1. The lowest BCUT2D eigenvalue weighted by Gasteiger charge is -2.35. The summed E-state index contributed by atoms with van der Waals surface area (Å²) < 4.78 is 12.8. The summed E-state index contributed by atoms with van der Waals surface area (Å²) in [6.45, 7) is 4.31. The van der Waals surface area contributed by atoms with E-state index in [1.54, 1.807) is 12.1 Å². The van der Waals surface area contributed by atoms with Crippen molar-refractivity contribution in [2.45, 2.75) is 18.9 Å². The molecule has 0 aromatic heterocycles. The van der Waals surface area contributed by atoms with Crippen LogP contribution in [0.4, 0.5) is 10.1 Å². The molecule has 3 nitrogen and oxygen atoms in total.